The molecular weight excluding hydrogens is 169 g/mol. The van der Waals surface area contributed by atoms with Crippen molar-refractivity contribution in [2.75, 3.05) is 24.6 Å². The van der Waals surface area contributed by atoms with Crippen LogP contribution < -0.4 is 5.32 Å². The predicted molar refractivity (Wildman–Crippen MR) is 41.0 cm³/mol. The van der Waals surface area contributed by atoms with Crippen LogP contribution in [0.25, 0.3) is 0 Å². The number of nitrogens with one attached hydrogen (secondary N) is 1. The lowest BCUT2D eigenvalue weighted by Crippen LogP contribution is -2.35. The van der Waals surface area contributed by atoms with Gasteiger partial charge in [0.15, 0.2) is 9.84 Å². The van der Waals surface area contributed by atoms with Crippen LogP contribution in [0.1, 0.15) is 6.92 Å². The van der Waals surface area contributed by atoms with Crippen LogP contribution in [0, 0.1) is 0 Å². The first-order valence-corrected chi connectivity index (χ1v) is 5.34. The van der Waals surface area contributed by atoms with Gasteiger partial charge in [-0.25, -0.2) is 12.8 Å². The molecule has 11 heavy (non-hydrogen) atoms. The van der Waals surface area contributed by atoms with Crippen LogP contribution >= 0.6 is 0 Å². The molecule has 3 nitrogen and oxygen atoms in total. The summed E-state index contributed by atoms with van der Waals surface area (Å²) in [7, 11) is -3.16. The van der Waals surface area contributed by atoms with E-state index in [2.05, 4.69) is 5.32 Å². The number of hydrogen-bond donors (Lipinski definition) is 1. The molecule has 1 atom stereocenters. The van der Waals surface area contributed by atoms with Gasteiger partial charge >= 0.3 is 0 Å². The molecule has 5 heteroatoms. The molecule has 1 heterocycles. The van der Waals surface area contributed by atoms with Crippen molar-refractivity contribution in [3.8, 4) is 0 Å². The summed E-state index contributed by atoms with van der Waals surface area (Å²) in [6.07, 6.45) is 0. The smallest absolute Gasteiger partial charge is 0.154 e. The van der Waals surface area contributed by atoms with E-state index in [4.69, 9.17) is 0 Å². The van der Waals surface area contributed by atoms with Gasteiger partial charge < -0.3 is 5.32 Å². The first kappa shape index (κ1) is 8.93. The van der Waals surface area contributed by atoms with Crippen molar-refractivity contribution in [3.05, 3.63) is 0 Å². The number of rotatable bonds is 0. The largest absolute Gasteiger partial charge is 0.313 e. The van der Waals surface area contributed by atoms with Crippen LogP contribution in [0.4, 0.5) is 4.39 Å². The lowest BCUT2D eigenvalue weighted by molar-refractivity contribution is 0.218. The van der Waals surface area contributed by atoms with E-state index >= 15 is 0 Å². The molecule has 0 amide bonds. The van der Waals surface area contributed by atoms with Crippen molar-refractivity contribution < 1.29 is 12.8 Å². The molecule has 1 aliphatic rings. The molecule has 1 aliphatic heterocycles. The SMILES string of the molecule is CC1(F)CNCCS(=O)(=O)C1. The summed E-state index contributed by atoms with van der Waals surface area (Å²) in [5.74, 6) is -0.306. The Morgan fingerprint density at radius 1 is 1.55 bits per heavy atom. The van der Waals surface area contributed by atoms with Crippen LogP contribution in [-0.2, 0) is 9.84 Å². The maximum Gasteiger partial charge on any atom is 0.154 e. The number of sulfone groups is 1. The topological polar surface area (TPSA) is 46.2 Å². The highest BCUT2D eigenvalue weighted by Crippen LogP contribution is 2.14. The highest BCUT2D eigenvalue weighted by atomic mass is 32.2. The fraction of sp³-hybridized carbons (Fsp3) is 1.00. The Bertz CT molecular complexity index is 235. The van der Waals surface area contributed by atoms with Crippen LogP contribution in [0.2, 0.25) is 0 Å². The Morgan fingerprint density at radius 2 is 2.18 bits per heavy atom. The molecule has 1 rings (SSSR count). The van der Waals surface area contributed by atoms with Gasteiger partial charge in [0.25, 0.3) is 0 Å². The van der Waals surface area contributed by atoms with Crippen molar-refractivity contribution >= 4 is 9.84 Å². The summed E-state index contributed by atoms with van der Waals surface area (Å²) in [5, 5.41) is 2.74. The molecule has 66 valence electrons. The summed E-state index contributed by atoms with van der Waals surface area (Å²) in [6, 6.07) is 0. The fourth-order valence-corrected chi connectivity index (χ4v) is 2.78. The van der Waals surface area contributed by atoms with Crippen molar-refractivity contribution in [1.82, 2.24) is 5.32 Å². The van der Waals surface area contributed by atoms with Crippen LogP contribution in [0.15, 0.2) is 0 Å². The average Bonchev–Trinajstić information content (AvgIpc) is 1.86. The minimum atomic E-state index is -3.16. The highest BCUT2D eigenvalue weighted by Gasteiger charge is 2.32. The van der Waals surface area contributed by atoms with Gasteiger partial charge in [-0.15, -0.1) is 0 Å². The summed E-state index contributed by atoms with van der Waals surface area (Å²) in [5.41, 5.74) is -1.60. The Balaban J connectivity index is 2.78. The van der Waals surface area contributed by atoms with Crippen LogP contribution in [0.5, 0.6) is 0 Å². The first-order chi connectivity index (χ1) is 4.91. The molecule has 1 unspecified atom stereocenters. The molecule has 0 aliphatic carbocycles. The van der Waals surface area contributed by atoms with E-state index < -0.39 is 15.5 Å². The molecule has 1 saturated heterocycles. The predicted octanol–water partition coefficient (Wildman–Crippen LogP) is -0.267. The molecule has 0 spiro atoms. The molecule has 0 saturated carbocycles. The third-order valence-corrected chi connectivity index (χ3v) is 3.47. The maximum absolute atomic E-state index is 13.2. The van der Waals surface area contributed by atoms with E-state index in [0.29, 0.717) is 6.54 Å². The van der Waals surface area contributed by atoms with Crippen molar-refractivity contribution in [2.24, 2.45) is 0 Å². The van der Waals surface area contributed by atoms with Gasteiger partial charge in [-0.1, -0.05) is 0 Å². The number of alkyl halides is 1. The fourth-order valence-electron chi connectivity index (χ4n) is 1.16. The average molecular weight is 181 g/mol. The van der Waals surface area contributed by atoms with E-state index in [1.807, 2.05) is 0 Å². The van der Waals surface area contributed by atoms with E-state index in [9.17, 15) is 12.8 Å². The summed E-state index contributed by atoms with van der Waals surface area (Å²) < 4.78 is 35.2. The minimum absolute atomic E-state index is 0.0481. The normalized spacial score (nSPS) is 38.0. The van der Waals surface area contributed by atoms with E-state index in [0.717, 1.165) is 0 Å². The molecule has 0 aromatic rings. The minimum Gasteiger partial charge on any atom is -0.313 e. The zero-order chi connectivity index (χ0) is 8.54. The highest BCUT2D eigenvalue weighted by molar-refractivity contribution is 7.91. The molecule has 0 bridgehead atoms. The van der Waals surface area contributed by atoms with Gasteiger partial charge in [0.1, 0.15) is 5.67 Å². The summed E-state index contributed by atoms with van der Waals surface area (Å²) in [4.78, 5) is 0. The third-order valence-electron chi connectivity index (χ3n) is 1.60. The zero-order valence-electron chi connectivity index (χ0n) is 6.43. The van der Waals surface area contributed by atoms with Crippen molar-refractivity contribution in [2.45, 2.75) is 12.6 Å². The summed E-state index contributed by atoms with van der Waals surface area (Å²) >= 11 is 0. The van der Waals surface area contributed by atoms with Crippen molar-refractivity contribution in [3.63, 3.8) is 0 Å². The first-order valence-electron chi connectivity index (χ1n) is 3.51. The van der Waals surface area contributed by atoms with Crippen LogP contribution in [-0.4, -0.2) is 38.7 Å². The Labute approximate surface area is 65.9 Å². The summed E-state index contributed by atoms with van der Waals surface area (Å²) in [6.45, 7) is 1.80. The van der Waals surface area contributed by atoms with Gasteiger partial charge in [0.05, 0.1) is 11.5 Å². The van der Waals surface area contributed by atoms with Gasteiger partial charge in [-0.3, -0.25) is 0 Å². The Morgan fingerprint density at radius 3 is 2.82 bits per heavy atom. The lowest BCUT2D eigenvalue weighted by atomic mass is 10.2. The van der Waals surface area contributed by atoms with E-state index in [1.54, 1.807) is 0 Å². The molecule has 0 aromatic carbocycles. The third kappa shape index (κ3) is 2.75. The van der Waals surface area contributed by atoms with Gasteiger partial charge in [-0.05, 0) is 6.92 Å². The lowest BCUT2D eigenvalue weighted by Gasteiger charge is -2.15. The second kappa shape index (κ2) is 2.71. The van der Waals surface area contributed by atoms with Gasteiger partial charge in [0, 0.05) is 13.1 Å². The maximum atomic E-state index is 13.2. The second-order valence-corrected chi connectivity index (χ2v) is 5.37. The van der Waals surface area contributed by atoms with E-state index in [1.165, 1.54) is 6.92 Å². The number of hydrogen-bond acceptors (Lipinski definition) is 3. The van der Waals surface area contributed by atoms with Crippen molar-refractivity contribution in [1.29, 1.82) is 0 Å². The number of halogens is 1. The van der Waals surface area contributed by atoms with Gasteiger partial charge in [-0.2, -0.15) is 0 Å². The zero-order valence-corrected chi connectivity index (χ0v) is 7.25. The van der Waals surface area contributed by atoms with Crippen LogP contribution in [0.3, 0.4) is 0 Å². The van der Waals surface area contributed by atoms with E-state index in [-0.39, 0.29) is 18.1 Å². The van der Waals surface area contributed by atoms with Gasteiger partial charge in [0.2, 0.25) is 0 Å². The molecular formula is C6H12FNO2S. The molecule has 1 fully saturated rings. The monoisotopic (exact) mass is 181 g/mol. The molecule has 0 radical (unpaired) electrons. The Hall–Kier alpha value is -0.160. The molecule has 0 aromatic heterocycles. The second-order valence-electron chi connectivity index (χ2n) is 3.18. The quantitative estimate of drug-likeness (QED) is 0.559. The Kier molecular flexibility index (Phi) is 2.20. The standard InChI is InChI=1S/C6H12FNO2S/c1-6(7)4-8-2-3-11(9,10)5-6/h8H,2-5H2,1H3. The molecule has 1 N–H and O–H groups in total.